The Balaban J connectivity index is 1.52. The van der Waals surface area contributed by atoms with Crippen LogP contribution in [0, 0.1) is 6.92 Å². The number of ether oxygens (including phenoxy) is 1. The van der Waals surface area contributed by atoms with Gasteiger partial charge in [0.25, 0.3) is 5.91 Å². The van der Waals surface area contributed by atoms with E-state index in [0.29, 0.717) is 24.4 Å². The number of benzene rings is 3. The van der Waals surface area contributed by atoms with Gasteiger partial charge >= 0.3 is 0 Å². The summed E-state index contributed by atoms with van der Waals surface area (Å²) in [6.07, 6.45) is 0. The van der Waals surface area contributed by atoms with Gasteiger partial charge in [0.15, 0.2) is 0 Å². The monoisotopic (exact) mass is 424 g/mol. The SMILES string of the molecule is COc1cc2ccccc2cc1C(=O)N1CCN(S(=O)(=O)c2ccc(C)cc2)CC1. The minimum atomic E-state index is -3.56. The van der Waals surface area contributed by atoms with Gasteiger partial charge in [0.1, 0.15) is 5.75 Å². The maximum absolute atomic E-state index is 13.2. The Kier molecular flexibility index (Phi) is 5.49. The van der Waals surface area contributed by atoms with Crippen LogP contribution in [0.2, 0.25) is 0 Å². The standard InChI is InChI=1S/C23H24N2O4S/c1-17-7-9-20(10-8-17)30(27,28)25-13-11-24(12-14-25)23(26)21-15-18-5-3-4-6-19(18)16-22(21)29-2/h3-10,15-16H,11-14H2,1-2H3. The van der Waals surface area contributed by atoms with E-state index in [9.17, 15) is 13.2 Å². The summed E-state index contributed by atoms with van der Waals surface area (Å²) in [5.41, 5.74) is 1.50. The zero-order chi connectivity index (χ0) is 21.3. The van der Waals surface area contributed by atoms with Crippen molar-refractivity contribution in [2.24, 2.45) is 0 Å². The van der Waals surface area contributed by atoms with Crippen LogP contribution in [-0.4, -0.2) is 56.8 Å². The minimum absolute atomic E-state index is 0.148. The van der Waals surface area contributed by atoms with E-state index in [0.717, 1.165) is 16.3 Å². The van der Waals surface area contributed by atoms with E-state index in [1.165, 1.54) is 4.31 Å². The van der Waals surface area contributed by atoms with Gasteiger partial charge in [-0.3, -0.25) is 4.79 Å². The van der Waals surface area contributed by atoms with Crippen LogP contribution in [0.25, 0.3) is 10.8 Å². The fourth-order valence-electron chi connectivity index (χ4n) is 3.72. The molecule has 3 aromatic carbocycles. The zero-order valence-corrected chi connectivity index (χ0v) is 17.9. The number of hydrogen-bond acceptors (Lipinski definition) is 4. The van der Waals surface area contributed by atoms with E-state index in [-0.39, 0.29) is 23.9 Å². The molecule has 0 unspecified atom stereocenters. The molecule has 1 amide bonds. The van der Waals surface area contributed by atoms with Gasteiger partial charge in [-0.15, -0.1) is 0 Å². The fourth-order valence-corrected chi connectivity index (χ4v) is 5.14. The molecule has 1 aliphatic heterocycles. The number of piperazine rings is 1. The molecule has 0 saturated carbocycles. The molecule has 1 saturated heterocycles. The second kappa shape index (κ2) is 8.08. The van der Waals surface area contributed by atoms with Crippen LogP contribution in [0.4, 0.5) is 0 Å². The number of aryl methyl sites for hydroxylation is 1. The van der Waals surface area contributed by atoms with Crippen molar-refractivity contribution in [2.45, 2.75) is 11.8 Å². The van der Waals surface area contributed by atoms with Crippen molar-refractivity contribution >= 4 is 26.7 Å². The normalized spacial score (nSPS) is 15.3. The van der Waals surface area contributed by atoms with Crippen molar-refractivity contribution in [1.82, 2.24) is 9.21 Å². The Labute approximate surface area is 176 Å². The summed E-state index contributed by atoms with van der Waals surface area (Å²) in [4.78, 5) is 15.1. The number of amides is 1. The van der Waals surface area contributed by atoms with Gasteiger partial charge in [0, 0.05) is 26.2 Å². The lowest BCUT2D eigenvalue weighted by molar-refractivity contribution is 0.0694. The number of hydrogen-bond donors (Lipinski definition) is 0. The Morgan fingerprint density at radius 2 is 1.50 bits per heavy atom. The van der Waals surface area contributed by atoms with Crippen LogP contribution in [0.5, 0.6) is 5.75 Å². The van der Waals surface area contributed by atoms with Crippen LogP contribution in [0.15, 0.2) is 65.6 Å². The number of methoxy groups -OCH3 is 1. The van der Waals surface area contributed by atoms with Crippen LogP contribution in [0.3, 0.4) is 0 Å². The molecule has 0 atom stereocenters. The smallest absolute Gasteiger partial charge is 0.257 e. The highest BCUT2D eigenvalue weighted by molar-refractivity contribution is 7.89. The molecule has 6 nitrogen and oxygen atoms in total. The number of rotatable bonds is 4. The first kappa shape index (κ1) is 20.4. The van der Waals surface area contributed by atoms with Gasteiger partial charge in [-0.25, -0.2) is 8.42 Å². The average Bonchev–Trinajstić information content (AvgIpc) is 2.78. The Morgan fingerprint density at radius 3 is 2.10 bits per heavy atom. The zero-order valence-electron chi connectivity index (χ0n) is 17.0. The first-order valence-electron chi connectivity index (χ1n) is 9.83. The first-order chi connectivity index (χ1) is 14.4. The highest BCUT2D eigenvalue weighted by Crippen LogP contribution is 2.28. The Morgan fingerprint density at radius 1 is 0.900 bits per heavy atom. The van der Waals surface area contributed by atoms with Gasteiger partial charge in [0.05, 0.1) is 17.6 Å². The molecule has 3 aromatic rings. The number of sulfonamides is 1. The van der Waals surface area contributed by atoms with Crippen LogP contribution >= 0.6 is 0 Å². The first-order valence-corrected chi connectivity index (χ1v) is 11.3. The molecular weight excluding hydrogens is 400 g/mol. The van der Waals surface area contributed by atoms with Gasteiger partial charge in [0.2, 0.25) is 10.0 Å². The molecule has 0 radical (unpaired) electrons. The van der Waals surface area contributed by atoms with E-state index < -0.39 is 10.0 Å². The molecule has 0 spiro atoms. The molecule has 0 bridgehead atoms. The van der Waals surface area contributed by atoms with Crippen LogP contribution in [-0.2, 0) is 10.0 Å². The lowest BCUT2D eigenvalue weighted by atomic mass is 10.0. The highest BCUT2D eigenvalue weighted by atomic mass is 32.2. The topological polar surface area (TPSA) is 66.9 Å². The minimum Gasteiger partial charge on any atom is -0.496 e. The molecule has 1 fully saturated rings. The Bertz CT molecular complexity index is 1180. The van der Waals surface area contributed by atoms with Crippen molar-refractivity contribution in [2.75, 3.05) is 33.3 Å². The molecule has 156 valence electrons. The second-order valence-corrected chi connectivity index (χ2v) is 9.35. The molecule has 0 N–H and O–H groups in total. The summed E-state index contributed by atoms with van der Waals surface area (Å²) < 4.78 is 32.7. The van der Waals surface area contributed by atoms with Crippen molar-refractivity contribution in [3.05, 3.63) is 71.8 Å². The molecule has 0 aliphatic carbocycles. The summed E-state index contributed by atoms with van der Waals surface area (Å²) in [6, 6.07) is 18.3. The van der Waals surface area contributed by atoms with Crippen LogP contribution in [0.1, 0.15) is 15.9 Å². The third kappa shape index (κ3) is 3.78. The summed E-state index contributed by atoms with van der Waals surface area (Å²) >= 11 is 0. The number of fused-ring (bicyclic) bond motifs is 1. The summed E-state index contributed by atoms with van der Waals surface area (Å²) in [5, 5.41) is 1.96. The maximum Gasteiger partial charge on any atom is 0.257 e. The molecule has 1 aliphatic rings. The maximum atomic E-state index is 13.2. The third-order valence-electron chi connectivity index (χ3n) is 5.48. The third-order valence-corrected chi connectivity index (χ3v) is 7.40. The predicted molar refractivity (Wildman–Crippen MR) is 116 cm³/mol. The molecular formula is C23H24N2O4S. The van der Waals surface area contributed by atoms with E-state index in [1.807, 2.05) is 43.3 Å². The molecule has 1 heterocycles. The second-order valence-electron chi connectivity index (χ2n) is 7.41. The predicted octanol–water partition coefficient (Wildman–Crippen LogP) is 3.30. The van der Waals surface area contributed by atoms with Gasteiger partial charge < -0.3 is 9.64 Å². The molecule has 7 heteroatoms. The lowest BCUT2D eigenvalue weighted by Crippen LogP contribution is -2.50. The number of nitrogens with zero attached hydrogens (tertiary/aromatic N) is 2. The van der Waals surface area contributed by atoms with Crippen molar-refractivity contribution in [3.8, 4) is 5.75 Å². The largest absolute Gasteiger partial charge is 0.496 e. The van der Waals surface area contributed by atoms with Crippen molar-refractivity contribution < 1.29 is 17.9 Å². The highest BCUT2D eigenvalue weighted by Gasteiger charge is 2.31. The van der Waals surface area contributed by atoms with Gasteiger partial charge in [-0.05, 0) is 42.0 Å². The average molecular weight is 425 g/mol. The van der Waals surface area contributed by atoms with Crippen molar-refractivity contribution in [1.29, 1.82) is 0 Å². The fraction of sp³-hybridized carbons (Fsp3) is 0.261. The van der Waals surface area contributed by atoms with Crippen molar-refractivity contribution in [3.63, 3.8) is 0 Å². The molecule has 30 heavy (non-hydrogen) atoms. The molecule has 0 aromatic heterocycles. The van der Waals surface area contributed by atoms with Gasteiger partial charge in [-0.1, -0.05) is 42.0 Å². The number of carbonyl (C=O) groups is 1. The van der Waals surface area contributed by atoms with E-state index in [2.05, 4.69) is 0 Å². The summed E-state index contributed by atoms with van der Waals surface area (Å²) in [6.45, 7) is 3.11. The van der Waals surface area contributed by atoms with Gasteiger partial charge in [-0.2, -0.15) is 4.31 Å². The van der Waals surface area contributed by atoms with E-state index in [4.69, 9.17) is 4.74 Å². The summed E-state index contributed by atoms with van der Waals surface area (Å²) in [7, 11) is -2.01. The quantitative estimate of drug-likeness (QED) is 0.645. The van der Waals surface area contributed by atoms with Crippen LogP contribution < -0.4 is 4.74 Å². The summed E-state index contributed by atoms with van der Waals surface area (Å²) in [5.74, 6) is 0.374. The van der Waals surface area contributed by atoms with E-state index in [1.54, 1.807) is 36.3 Å². The Hall–Kier alpha value is -2.90. The number of carbonyl (C=O) groups excluding carboxylic acids is 1. The molecule has 4 rings (SSSR count). The van der Waals surface area contributed by atoms with E-state index >= 15 is 0 Å². The lowest BCUT2D eigenvalue weighted by Gasteiger charge is -2.34.